The van der Waals surface area contributed by atoms with Crippen LogP contribution in [-0.2, 0) is 6.42 Å². The van der Waals surface area contributed by atoms with Crippen LogP contribution in [0.5, 0.6) is 5.75 Å². The summed E-state index contributed by atoms with van der Waals surface area (Å²) < 4.78 is 6.32. The van der Waals surface area contributed by atoms with E-state index >= 15 is 0 Å². The summed E-state index contributed by atoms with van der Waals surface area (Å²) in [6.07, 6.45) is 2.69. The Balaban J connectivity index is 2.86. The van der Waals surface area contributed by atoms with Crippen LogP contribution in [0, 0.1) is 0 Å². The van der Waals surface area contributed by atoms with Crippen molar-refractivity contribution >= 4 is 15.9 Å². The Morgan fingerprint density at radius 1 is 1.50 bits per heavy atom. The molecule has 0 atom stereocenters. The second-order valence-electron chi connectivity index (χ2n) is 2.39. The zero-order valence-corrected chi connectivity index (χ0v) is 8.89. The zero-order valence-electron chi connectivity index (χ0n) is 7.30. The molecule has 0 fully saturated rings. The Morgan fingerprint density at radius 3 is 2.75 bits per heavy atom. The third kappa shape index (κ3) is 2.21. The molecule has 0 N–H and O–H groups in total. The number of halogens is 1. The van der Waals surface area contributed by atoms with Crippen LogP contribution in [-0.4, -0.2) is 11.6 Å². The van der Waals surface area contributed by atoms with Gasteiger partial charge < -0.3 is 4.74 Å². The third-order valence-electron chi connectivity index (χ3n) is 1.54. The summed E-state index contributed by atoms with van der Waals surface area (Å²) >= 11 is 3.43. The summed E-state index contributed by atoms with van der Waals surface area (Å²) in [6.45, 7) is 4.72. The van der Waals surface area contributed by atoms with E-state index in [1.807, 2.05) is 13.0 Å². The van der Waals surface area contributed by atoms with Crippen LogP contribution in [0.4, 0.5) is 0 Å². The standard InChI is InChI=1S/C9H12BrNO/c1-3-9-8(10)5-7(6-11-9)12-4-2/h5-6H,3-4H2,1-2H3. The number of nitrogens with zero attached hydrogens (tertiary/aromatic N) is 1. The molecule has 0 saturated heterocycles. The lowest BCUT2D eigenvalue weighted by atomic mass is 10.3. The van der Waals surface area contributed by atoms with E-state index in [2.05, 4.69) is 27.8 Å². The minimum atomic E-state index is 0.680. The molecule has 0 radical (unpaired) electrons. The summed E-state index contributed by atoms with van der Waals surface area (Å²) in [5.74, 6) is 0.821. The van der Waals surface area contributed by atoms with Gasteiger partial charge in [-0.15, -0.1) is 0 Å². The molecule has 0 amide bonds. The maximum atomic E-state index is 5.29. The van der Waals surface area contributed by atoms with Crippen LogP contribution in [0.2, 0.25) is 0 Å². The van der Waals surface area contributed by atoms with Gasteiger partial charge in [-0.3, -0.25) is 4.98 Å². The molecular weight excluding hydrogens is 218 g/mol. The van der Waals surface area contributed by atoms with E-state index < -0.39 is 0 Å². The number of rotatable bonds is 3. The third-order valence-corrected chi connectivity index (χ3v) is 2.22. The molecular formula is C9H12BrNO. The van der Waals surface area contributed by atoms with Crippen LogP contribution in [0.1, 0.15) is 19.5 Å². The lowest BCUT2D eigenvalue weighted by molar-refractivity contribution is 0.338. The predicted molar refractivity (Wildman–Crippen MR) is 52.5 cm³/mol. The van der Waals surface area contributed by atoms with Gasteiger partial charge in [-0.05, 0) is 35.3 Å². The maximum absolute atomic E-state index is 5.29. The first kappa shape index (κ1) is 9.52. The van der Waals surface area contributed by atoms with Gasteiger partial charge >= 0.3 is 0 Å². The molecule has 0 spiro atoms. The summed E-state index contributed by atoms with van der Waals surface area (Å²) in [6, 6.07) is 1.95. The molecule has 0 aliphatic carbocycles. The Kier molecular flexibility index (Phi) is 3.53. The number of pyridine rings is 1. The van der Waals surface area contributed by atoms with Crippen molar-refractivity contribution in [1.82, 2.24) is 4.98 Å². The minimum Gasteiger partial charge on any atom is -0.492 e. The molecule has 1 aromatic rings. The van der Waals surface area contributed by atoms with E-state index in [1.165, 1.54) is 0 Å². The van der Waals surface area contributed by atoms with Crippen molar-refractivity contribution in [2.24, 2.45) is 0 Å². The van der Waals surface area contributed by atoms with Crippen molar-refractivity contribution in [3.8, 4) is 5.75 Å². The highest BCUT2D eigenvalue weighted by Crippen LogP contribution is 2.20. The van der Waals surface area contributed by atoms with Gasteiger partial charge in [0, 0.05) is 4.47 Å². The van der Waals surface area contributed by atoms with Crippen LogP contribution in [0.3, 0.4) is 0 Å². The molecule has 0 bridgehead atoms. The number of hydrogen-bond acceptors (Lipinski definition) is 2. The lowest BCUT2D eigenvalue weighted by Gasteiger charge is -2.04. The van der Waals surface area contributed by atoms with Gasteiger partial charge in [0.05, 0.1) is 18.5 Å². The zero-order chi connectivity index (χ0) is 8.97. The van der Waals surface area contributed by atoms with Gasteiger partial charge in [-0.25, -0.2) is 0 Å². The molecule has 12 heavy (non-hydrogen) atoms. The molecule has 0 aliphatic rings. The molecule has 0 aromatic carbocycles. The van der Waals surface area contributed by atoms with Crippen LogP contribution in [0.25, 0.3) is 0 Å². The van der Waals surface area contributed by atoms with Gasteiger partial charge in [-0.2, -0.15) is 0 Å². The van der Waals surface area contributed by atoms with Gasteiger partial charge in [0.25, 0.3) is 0 Å². The van der Waals surface area contributed by atoms with E-state index in [9.17, 15) is 0 Å². The first-order chi connectivity index (χ1) is 5.77. The van der Waals surface area contributed by atoms with E-state index in [1.54, 1.807) is 6.20 Å². The molecule has 1 heterocycles. The first-order valence-electron chi connectivity index (χ1n) is 4.05. The highest BCUT2D eigenvalue weighted by atomic mass is 79.9. The molecule has 0 unspecified atom stereocenters. The fourth-order valence-corrected chi connectivity index (χ4v) is 1.56. The van der Waals surface area contributed by atoms with Gasteiger partial charge in [0.2, 0.25) is 0 Å². The highest BCUT2D eigenvalue weighted by molar-refractivity contribution is 9.10. The summed E-state index contributed by atoms with van der Waals surface area (Å²) in [7, 11) is 0. The fraction of sp³-hybridized carbons (Fsp3) is 0.444. The average Bonchev–Trinajstić information content (AvgIpc) is 2.05. The number of aromatic nitrogens is 1. The Hall–Kier alpha value is -0.570. The maximum Gasteiger partial charge on any atom is 0.138 e. The van der Waals surface area contributed by atoms with Crippen LogP contribution < -0.4 is 4.74 Å². The van der Waals surface area contributed by atoms with Gasteiger partial charge in [-0.1, -0.05) is 6.92 Å². The SMILES string of the molecule is CCOc1cnc(CC)c(Br)c1. The monoisotopic (exact) mass is 229 g/mol. The van der Waals surface area contributed by atoms with Crippen LogP contribution >= 0.6 is 15.9 Å². The summed E-state index contributed by atoms with van der Waals surface area (Å²) in [5.41, 5.74) is 1.07. The molecule has 1 rings (SSSR count). The normalized spacial score (nSPS) is 9.92. The predicted octanol–water partition coefficient (Wildman–Crippen LogP) is 2.81. The molecule has 66 valence electrons. The topological polar surface area (TPSA) is 22.1 Å². The molecule has 1 aromatic heterocycles. The second kappa shape index (κ2) is 4.45. The number of aryl methyl sites for hydroxylation is 1. The fourth-order valence-electron chi connectivity index (χ4n) is 0.954. The molecule has 0 aliphatic heterocycles. The quantitative estimate of drug-likeness (QED) is 0.796. The van der Waals surface area contributed by atoms with Crippen molar-refractivity contribution in [2.75, 3.05) is 6.61 Å². The van der Waals surface area contributed by atoms with Crippen molar-refractivity contribution in [3.05, 3.63) is 22.4 Å². The highest BCUT2D eigenvalue weighted by Gasteiger charge is 2.00. The Labute approximate surface area is 81.1 Å². The van der Waals surface area contributed by atoms with E-state index in [0.717, 1.165) is 22.3 Å². The van der Waals surface area contributed by atoms with E-state index in [-0.39, 0.29) is 0 Å². The van der Waals surface area contributed by atoms with Gasteiger partial charge in [0.15, 0.2) is 0 Å². The molecule has 3 heteroatoms. The van der Waals surface area contributed by atoms with Crippen molar-refractivity contribution in [3.63, 3.8) is 0 Å². The lowest BCUT2D eigenvalue weighted by Crippen LogP contribution is -1.94. The molecule has 2 nitrogen and oxygen atoms in total. The minimum absolute atomic E-state index is 0.680. The largest absolute Gasteiger partial charge is 0.492 e. The van der Waals surface area contributed by atoms with E-state index in [0.29, 0.717) is 6.61 Å². The molecule has 0 saturated carbocycles. The Bertz CT molecular complexity index is 263. The van der Waals surface area contributed by atoms with Crippen LogP contribution in [0.15, 0.2) is 16.7 Å². The van der Waals surface area contributed by atoms with Crippen molar-refractivity contribution in [1.29, 1.82) is 0 Å². The van der Waals surface area contributed by atoms with Crippen molar-refractivity contribution < 1.29 is 4.74 Å². The second-order valence-corrected chi connectivity index (χ2v) is 3.24. The number of hydrogen-bond donors (Lipinski definition) is 0. The summed E-state index contributed by atoms with van der Waals surface area (Å²) in [4.78, 5) is 4.24. The number of ether oxygens (including phenoxy) is 1. The Morgan fingerprint density at radius 2 is 2.25 bits per heavy atom. The summed E-state index contributed by atoms with van der Waals surface area (Å²) in [5, 5.41) is 0. The van der Waals surface area contributed by atoms with E-state index in [4.69, 9.17) is 4.74 Å². The average molecular weight is 230 g/mol. The van der Waals surface area contributed by atoms with Crippen molar-refractivity contribution in [2.45, 2.75) is 20.3 Å². The van der Waals surface area contributed by atoms with Gasteiger partial charge in [0.1, 0.15) is 5.75 Å². The smallest absolute Gasteiger partial charge is 0.138 e. The first-order valence-corrected chi connectivity index (χ1v) is 4.84.